The minimum absolute atomic E-state index is 0.346. The van der Waals surface area contributed by atoms with E-state index in [0.717, 1.165) is 4.47 Å². The van der Waals surface area contributed by atoms with Crippen LogP contribution in [0, 0.1) is 6.92 Å². The number of benzene rings is 2. The molecule has 1 amide bonds. The summed E-state index contributed by atoms with van der Waals surface area (Å²) in [5.41, 5.74) is 1.91. The van der Waals surface area contributed by atoms with Gasteiger partial charge in [-0.2, -0.15) is 0 Å². The first-order valence-corrected chi connectivity index (χ1v) is 7.55. The van der Waals surface area contributed by atoms with Crippen LogP contribution in [0.4, 0.5) is 5.69 Å². The third kappa shape index (κ3) is 3.48. The first kappa shape index (κ1) is 16.5. The van der Waals surface area contributed by atoms with Crippen LogP contribution in [-0.2, 0) is 4.74 Å². The van der Waals surface area contributed by atoms with Gasteiger partial charge in [0, 0.05) is 10.2 Å². The van der Waals surface area contributed by atoms with Crippen molar-refractivity contribution >= 4 is 45.1 Å². The zero-order valence-corrected chi connectivity index (χ0v) is 14.3. The van der Waals surface area contributed by atoms with Crippen molar-refractivity contribution in [1.82, 2.24) is 0 Å². The van der Waals surface area contributed by atoms with E-state index in [-0.39, 0.29) is 5.91 Å². The Morgan fingerprint density at radius 1 is 1.18 bits per heavy atom. The number of anilines is 1. The van der Waals surface area contributed by atoms with Crippen LogP contribution in [-0.4, -0.2) is 19.0 Å². The zero-order chi connectivity index (χ0) is 16.3. The average Bonchev–Trinajstić information content (AvgIpc) is 2.51. The molecule has 114 valence electrons. The van der Waals surface area contributed by atoms with Gasteiger partial charge in [0.05, 0.1) is 23.3 Å². The van der Waals surface area contributed by atoms with E-state index in [1.54, 1.807) is 43.3 Å². The number of rotatable bonds is 3. The summed E-state index contributed by atoms with van der Waals surface area (Å²) in [5, 5.41) is 3.11. The van der Waals surface area contributed by atoms with E-state index in [1.807, 2.05) is 0 Å². The lowest BCUT2D eigenvalue weighted by atomic mass is 10.1. The van der Waals surface area contributed by atoms with Gasteiger partial charge in [-0.15, -0.1) is 0 Å². The van der Waals surface area contributed by atoms with Crippen LogP contribution in [0.1, 0.15) is 26.3 Å². The largest absolute Gasteiger partial charge is 0.465 e. The van der Waals surface area contributed by atoms with Gasteiger partial charge in [-0.25, -0.2) is 4.79 Å². The van der Waals surface area contributed by atoms with E-state index in [1.165, 1.54) is 7.11 Å². The molecule has 0 bridgehead atoms. The summed E-state index contributed by atoms with van der Waals surface area (Å²) < 4.78 is 5.47. The SMILES string of the molecule is COC(=O)c1cccc(NC(=O)c2cc(Br)ccc2Cl)c1C. The predicted molar refractivity (Wildman–Crippen MR) is 89.6 cm³/mol. The van der Waals surface area contributed by atoms with E-state index in [0.29, 0.717) is 27.4 Å². The number of hydrogen-bond donors (Lipinski definition) is 1. The smallest absolute Gasteiger partial charge is 0.338 e. The van der Waals surface area contributed by atoms with Crippen LogP contribution in [0.5, 0.6) is 0 Å². The van der Waals surface area contributed by atoms with Crippen molar-refractivity contribution in [2.24, 2.45) is 0 Å². The fourth-order valence-corrected chi connectivity index (χ4v) is 2.53. The molecule has 2 rings (SSSR count). The maximum atomic E-state index is 12.4. The van der Waals surface area contributed by atoms with Crippen molar-refractivity contribution in [2.45, 2.75) is 6.92 Å². The second-order valence-electron chi connectivity index (χ2n) is 4.55. The molecule has 4 nitrogen and oxygen atoms in total. The third-order valence-corrected chi connectivity index (χ3v) is 3.98. The molecule has 1 N–H and O–H groups in total. The summed E-state index contributed by atoms with van der Waals surface area (Å²) in [5.74, 6) is -0.800. The molecule has 0 aliphatic carbocycles. The van der Waals surface area contributed by atoms with Crippen LogP contribution in [0.25, 0.3) is 0 Å². The van der Waals surface area contributed by atoms with Crippen molar-refractivity contribution < 1.29 is 14.3 Å². The molecule has 6 heteroatoms. The Bertz CT molecular complexity index is 746. The summed E-state index contributed by atoms with van der Waals surface area (Å²) in [6, 6.07) is 10.1. The van der Waals surface area contributed by atoms with Crippen LogP contribution < -0.4 is 5.32 Å². The number of halogens is 2. The standard InChI is InChI=1S/C16H13BrClNO3/c1-9-11(16(21)22-2)4-3-5-14(9)19-15(20)12-8-10(17)6-7-13(12)18/h3-8H,1-2H3,(H,19,20). The van der Waals surface area contributed by atoms with E-state index < -0.39 is 5.97 Å². The monoisotopic (exact) mass is 381 g/mol. The van der Waals surface area contributed by atoms with Gasteiger partial charge in [-0.05, 0) is 42.8 Å². The van der Waals surface area contributed by atoms with Gasteiger partial charge in [0.1, 0.15) is 0 Å². The van der Waals surface area contributed by atoms with Gasteiger partial charge in [0.25, 0.3) is 5.91 Å². The van der Waals surface area contributed by atoms with Crippen LogP contribution in [0.15, 0.2) is 40.9 Å². The van der Waals surface area contributed by atoms with Crippen molar-refractivity contribution in [3.63, 3.8) is 0 Å². The zero-order valence-electron chi connectivity index (χ0n) is 11.9. The van der Waals surface area contributed by atoms with Crippen molar-refractivity contribution in [2.75, 3.05) is 12.4 Å². The Morgan fingerprint density at radius 2 is 1.91 bits per heavy atom. The fraction of sp³-hybridized carbons (Fsp3) is 0.125. The van der Waals surface area contributed by atoms with Crippen molar-refractivity contribution in [1.29, 1.82) is 0 Å². The van der Waals surface area contributed by atoms with Crippen LogP contribution in [0.3, 0.4) is 0 Å². The summed E-state index contributed by atoms with van der Waals surface area (Å²) in [4.78, 5) is 24.0. The minimum atomic E-state index is -0.450. The Labute approximate surface area is 141 Å². The number of carbonyl (C=O) groups is 2. The number of esters is 1. The molecule has 22 heavy (non-hydrogen) atoms. The summed E-state index contributed by atoms with van der Waals surface area (Å²) >= 11 is 9.35. The molecule has 2 aromatic carbocycles. The number of methoxy groups -OCH3 is 1. The Balaban J connectivity index is 2.33. The molecule has 2 aromatic rings. The maximum absolute atomic E-state index is 12.4. The molecule has 0 saturated carbocycles. The molecule has 0 spiro atoms. The first-order valence-electron chi connectivity index (χ1n) is 6.38. The fourth-order valence-electron chi connectivity index (χ4n) is 1.96. The van der Waals surface area contributed by atoms with Gasteiger partial charge in [-0.1, -0.05) is 33.6 Å². The van der Waals surface area contributed by atoms with Gasteiger partial charge in [0.2, 0.25) is 0 Å². The number of carbonyl (C=O) groups excluding carboxylic acids is 2. The molecule has 0 aliphatic rings. The Kier molecular flexibility index (Phi) is 5.21. The molecular weight excluding hydrogens is 370 g/mol. The quantitative estimate of drug-likeness (QED) is 0.798. The lowest BCUT2D eigenvalue weighted by Gasteiger charge is -2.12. The second kappa shape index (κ2) is 6.94. The van der Waals surface area contributed by atoms with Gasteiger partial charge >= 0.3 is 5.97 Å². The van der Waals surface area contributed by atoms with E-state index in [2.05, 4.69) is 21.2 Å². The van der Waals surface area contributed by atoms with Crippen molar-refractivity contribution in [3.05, 3.63) is 62.6 Å². The van der Waals surface area contributed by atoms with E-state index >= 15 is 0 Å². The highest BCUT2D eigenvalue weighted by molar-refractivity contribution is 9.10. The predicted octanol–water partition coefficient (Wildman–Crippen LogP) is 4.45. The highest BCUT2D eigenvalue weighted by atomic mass is 79.9. The average molecular weight is 383 g/mol. The molecule has 0 unspecified atom stereocenters. The normalized spacial score (nSPS) is 10.2. The highest BCUT2D eigenvalue weighted by Crippen LogP contribution is 2.24. The lowest BCUT2D eigenvalue weighted by molar-refractivity contribution is 0.0599. The minimum Gasteiger partial charge on any atom is -0.465 e. The molecule has 0 aromatic heterocycles. The lowest BCUT2D eigenvalue weighted by Crippen LogP contribution is -2.15. The number of amides is 1. The molecule has 0 aliphatic heterocycles. The molecule has 0 radical (unpaired) electrons. The molecular formula is C16H13BrClNO3. The van der Waals surface area contributed by atoms with E-state index in [4.69, 9.17) is 16.3 Å². The molecule has 0 atom stereocenters. The maximum Gasteiger partial charge on any atom is 0.338 e. The number of nitrogens with one attached hydrogen (secondary N) is 1. The number of ether oxygens (including phenoxy) is 1. The third-order valence-electron chi connectivity index (χ3n) is 3.16. The molecule has 0 saturated heterocycles. The number of hydrogen-bond acceptors (Lipinski definition) is 3. The van der Waals surface area contributed by atoms with Gasteiger partial charge < -0.3 is 10.1 Å². The van der Waals surface area contributed by atoms with Crippen LogP contribution >= 0.6 is 27.5 Å². The summed E-state index contributed by atoms with van der Waals surface area (Å²) in [7, 11) is 1.31. The Hall–Kier alpha value is -1.85. The summed E-state index contributed by atoms with van der Waals surface area (Å²) in [6.07, 6.45) is 0. The molecule has 0 fully saturated rings. The topological polar surface area (TPSA) is 55.4 Å². The molecule has 0 heterocycles. The second-order valence-corrected chi connectivity index (χ2v) is 5.87. The van der Waals surface area contributed by atoms with Gasteiger partial charge in [0.15, 0.2) is 0 Å². The van der Waals surface area contributed by atoms with E-state index in [9.17, 15) is 9.59 Å². The first-order chi connectivity index (χ1) is 10.4. The van der Waals surface area contributed by atoms with Crippen molar-refractivity contribution in [3.8, 4) is 0 Å². The Morgan fingerprint density at radius 3 is 2.59 bits per heavy atom. The van der Waals surface area contributed by atoms with Crippen LogP contribution in [0.2, 0.25) is 5.02 Å². The summed E-state index contributed by atoms with van der Waals surface area (Å²) in [6.45, 7) is 1.74. The highest BCUT2D eigenvalue weighted by Gasteiger charge is 2.15. The van der Waals surface area contributed by atoms with Gasteiger partial charge in [-0.3, -0.25) is 4.79 Å².